The lowest BCUT2D eigenvalue weighted by atomic mass is 10.2. The molecule has 0 unspecified atom stereocenters. The Labute approximate surface area is 152 Å². The van der Waals surface area contributed by atoms with Crippen LogP contribution in [0.1, 0.15) is 0 Å². The number of hydrogen-bond donors (Lipinski definition) is 1. The second kappa shape index (κ2) is 8.48. The Morgan fingerprint density at radius 2 is 1.65 bits per heavy atom. The van der Waals surface area contributed by atoms with E-state index in [2.05, 4.69) is 25.1 Å². The first-order chi connectivity index (χ1) is 12.7. The minimum atomic E-state index is -0.0651. The molecular formula is C18H23N5O3. The molecule has 1 aromatic carbocycles. The largest absolute Gasteiger partial charge is 0.497 e. The van der Waals surface area contributed by atoms with Gasteiger partial charge in [0.2, 0.25) is 11.9 Å². The standard InChI is InChI=1S/C18H23N5O3/c1-25-15-10-14(11-16(12-15)26-2)21-17(24)13-22-6-8-23(9-7-22)18-19-4-3-5-20-18/h3-5,10-12H,6-9,13H2,1-2H3,(H,21,24). The Morgan fingerprint density at radius 1 is 1.04 bits per heavy atom. The highest BCUT2D eigenvalue weighted by atomic mass is 16.5. The summed E-state index contributed by atoms with van der Waals surface area (Å²) in [6.07, 6.45) is 3.48. The number of nitrogens with zero attached hydrogens (tertiary/aromatic N) is 4. The van der Waals surface area contributed by atoms with Crippen molar-refractivity contribution in [2.45, 2.75) is 0 Å². The van der Waals surface area contributed by atoms with Crippen molar-refractivity contribution >= 4 is 17.5 Å². The van der Waals surface area contributed by atoms with Crippen LogP contribution in [0.3, 0.4) is 0 Å². The quantitative estimate of drug-likeness (QED) is 0.833. The van der Waals surface area contributed by atoms with Gasteiger partial charge in [-0.05, 0) is 6.07 Å². The first kappa shape index (κ1) is 17.9. The highest BCUT2D eigenvalue weighted by Crippen LogP contribution is 2.25. The molecule has 0 atom stereocenters. The average molecular weight is 357 g/mol. The van der Waals surface area contributed by atoms with Crippen LogP contribution in [0, 0.1) is 0 Å². The Balaban J connectivity index is 1.52. The van der Waals surface area contributed by atoms with Gasteiger partial charge in [0, 0.05) is 62.5 Å². The number of carbonyl (C=O) groups excluding carboxylic acids is 1. The molecular weight excluding hydrogens is 334 g/mol. The zero-order chi connectivity index (χ0) is 18.4. The van der Waals surface area contributed by atoms with Crippen LogP contribution in [-0.4, -0.2) is 67.7 Å². The van der Waals surface area contributed by atoms with Crippen LogP contribution in [0.2, 0.25) is 0 Å². The minimum Gasteiger partial charge on any atom is -0.497 e. The molecule has 1 aromatic heterocycles. The third-order valence-corrected chi connectivity index (χ3v) is 4.21. The van der Waals surface area contributed by atoms with E-state index < -0.39 is 0 Å². The molecule has 1 amide bonds. The Kier molecular flexibility index (Phi) is 5.85. The number of nitrogens with one attached hydrogen (secondary N) is 1. The molecule has 2 heterocycles. The van der Waals surface area contributed by atoms with Crippen molar-refractivity contribution < 1.29 is 14.3 Å². The monoisotopic (exact) mass is 357 g/mol. The molecule has 1 aliphatic rings. The number of anilines is 2. The molecule has 0 aliphatic carbocycles. The first-order valence-corrected chi connectivity index (χ1v) is 8.45. The molecule has 1 saturated heterocycles. The average Bonchev–Trinajstić information content (AvgIpc) is 2.68. The minimum absolute atomic E-state index is 0.0651. The summed E-state index contributed by atoms with van der Waals surface area (Å²) in [4.78, 5) is 25.1. The maximum Gasteiger partial charge on any atom is 0.238 e. The molecule has 8 heteroatoms. The number of carbonyl (C=O) groups is 1. The summed E-state index contributed by atoms with van der Waals surface area (Å²) in [5.41, 5.74) is 0.655. The van der Waals surface area contributed by atoms with Crippen LogP contribution >= 0.6 is 0 Å². The zero-order valence-electron chi connectivity index (χ0n) is 15.0. The van der Waals surface area contributed by atoms with Crippen molar-refractivity contribution in [3.8, 4) is 11.5 Å². The van der Waals surface area contributed by atoms with E-state index >= 15 is 0 Å². The van der Waals surface area contributed by atoms with Gasteiger partial charge in [-0.25, -0.2) is 9.97 Å². The summed E-state index contributed by atoms with van der Waals surface area (Å²) in [5.74, 6) is 1.94. The lowest BCUT2D eigenvalue weighted by Gasteiger charge is -2.34. The normalized spacial score (nSPS) is 14.8. The van der Waals surface area contributed by atoms with Gasteiger partial charge in [0.05, 0.1) is 20.8 Å². The third kappa shape index (κ3) is 4.60. The predicted octanol–water partition coefficient (Wildman–Crippen LogP) is 1.25. The summed E-state index contributed by atoms with van der Waals surface area (Å²) >= 11 is 0. The maximum absolute atomic E-state index is 12.4. The summed E-state index contributed by atoms with van der Waals surface area (Å²) in [5, 5.41) is 2.90. The van der Waals surface area contributed by atoms with Crippen LogP contribution in [0.25, 0.3) is 0 Å². The molecule has 26 heavy (non-hydrogen) atoms. The highest BCUT2D eigenvalue weighted by molar-refractivity contribution is 5.92. The van der Waals surface area contributed by atoms with Gasteiger partial charge in [-0.1, -0.05) is 0 Å². The van der Waals surface area contributed by atoms with Crippen molar-refractivity contribution in [3.63, 3.8) is 0 Å². The summed E-state index contributed by atoms with van der Waals surface area (Å²) in [7, 11) is 3.16. The molecule has 0 radical (unpaired) electrons. The fourth-order valence-corrected chi connectivity index (χ4v) is 2.84. The fraction of sp³-hybridized carbons (Fsp3) is 0.389. The number of hydrogen-bond acceptors (Lipinski definition) is 7. The summed E-state index contributed by atoms with van der Waals surface area (Å²) in [6.45, 7) is 3.50. The van der Waals surface area contributed by atoms with E-state index in [9.17, 15) is 4.79 Å². The number of benzene rings is 1. The molecule has 0 bridgehead atoms. The molecule has 8 nitrogen and oxygen atoms in total. The second-order valence-corrected chi connectivity index (χ2v) is 5.96. The number of ether oxygens (including phenoxy) is 2. The van der Waals surface area contributed by atoms with Gasteiger partial charge in [0.15, 0.2) is 0 Å². The summed E-state index contributed by atoms with van der Waals surface area (Å²) in [6, 6.07) is 7.11. The molecule has 0 spiro atoms. The predicted molar refractivity (Wildman–Crippen MR) is 98.9 cm³/mol. The van der Waals surface area contributed by atoms with Crippen LogP contribution in [0.15, 0.2) is 36.7 Å². The SMILES string of the molecule is COc1cc(NC(=O)CN2CCN(c3ncccn3)CC2)cc(OC)c1. The topological polar surface area (TPSA) is 79.8 Å². The molecule has 1 N–H and O–H groups in total. The van der Waals surface area contributed by atoms with Gasteiger partial charge in [0.25, 0.3) is 0 Å². The summed E-state index contributed by atoms with van der Waals surface area (Å²) < 4.78 is 10.4. The van der Waals surface area contributed by atoms with E-state index in [0.29, 0.717) is 23.7 Å². The van der Waals surface area contributed by atoms with Crippen molar-refractivity contribution in [2.24, 2.45) is 0 Å². The van der Waals surface area contributed by atoms with Gasteiger partial charge in [-0.15, -0.1) is 0 Å². The number of aromatic nitrogens is 2. The van der Waals surface area contributed by atoms with Crippen LogP contribution in [0.5, 0.6) is 11.5 Å². The first-order valence-electron chi connectivity index (χ1n) is 8.45. The Morgan fingerprint density at radius 3 is 2.23 bits per heavy atom. The van der Waals surface area contributed by atoms with Gasteiger partial charge >= 0.3 is 0 Å². The number of rotatable bonds is 6. The fourth-order valence-electron chi connectivity index (χ4n) is 2.84. The van der Waals surface area contributed by atoms with Gasteiger partial charge in [0.1, 0.15) is 11.5 Å². The van der Waals surface area contributed by atoms with E-state index in [1.807, 2.05) is 0 Å². The lowest BCUT2D eigenvalue weighted by Crippen LogP contribution is -2.49. The molecule has 3 rings (SSSR count). The highest BCUT2D eigenvalue weighted by Gasteiger charge is 2.20. The van der Waals surface area contributed by atoms with E-state index in [0.717, 1.165) is 32.1 Å². The Hall–Kier alpha value is -2.87. The van der Waals surface area contributed by atoms with E-state index in [-0.39, 0.29) is 5.91 Å². The Bertz CT molecular complexity index is 711. The maximum atomic E-state index is 12.4. The second-order valence-electron chi connectivity index (χ2n) is 5.96. The van der Waals surface area contributed by atoms with E-state index in [1.165, 1.54) is 0 Å². The lowest BCUT2D eigenvalue weighted by molar-refractivity contribution is -0.117. The number of piperazine rings is 1. The molecule has 0 saturated carbocycles. The molecule has 138 valence electrons. The van der Waals surface area contributed by atoms with E-state index in [1.54, 1.807) is 50.9 Å². The van der Waals surface area contributed by atoms with Crippen molar-refractivity contribution in [3.05, 3.63) is 36.7 Å². The molecule has 2 aromatic rings. The molecule has 1 fully saturated rings. The van der Waals surface area contributed by atoms with Crippen LogP contribution < -0.4 is 19.7 Å². The van der Waals surface area contributed by atoms with Crippen LogP contribution in [-0.2, 0) is 4.79 Å². The van der Waals surface area contributed by atoms with Gasteiger partial charge in [-0.2, -0.15) is 0 Å². The molecule has 1 aliphatic heterocycles. The third-order valence-electron chi connectivity index (χ3n) is 4.21. The smallest absolute Gasteiger partial charge is 0.238 e. The van der Waals surface area contributed by atoms with Crippen molar-refractivity contribution in [1.29, 1.82) is 0 Å². The number of methoxy groups -OCH3 is 2. The zero-order valence-corrected chi connectivity index (χ0v) is 15.0. The van der Waals surface area contributed by atoms with Crippen LogP contribution in [0.4, 0.5) is 11.6 Å². The van der Waals surface area contributed by atoms with Gasteiger partial charge in [-0.3, -0.25) is 9.69 Å². The van der Waals surface area contributed by atoms with E-state index in [4.69, 9.17) is 9.47 Å². The van der Waals surface area contributed by atoms with Gasteiger partial charge < -0.3 is 19.7 Å². The van der Waals surface area contributed by atoms with Crippen molar-refractivity contribution in [2.75, 3.05) is 57.2 Å². The van der Waals surface area contributed by atoms with Crippen molar-refractivity contribution in [1.82, 2.24) is 14.9 Å². The number of amides is 1.